The van der Waals surface area contributed by atoms with E-state index in [1.807, 2.05) is 13.0 Å². The molecule has 1 aromatic rings. The Bertz CT molecular complexity index is 536. The topological polar surface area (TPSA) is 46.2 Å². The molecule has 0 bridgehead atoms. The Hall–Kier alpha value is -1.10. The second kappa shape index (κ2) is 5.49. The maximum absolute atomic E-state index is 13.8. The molecule has 19 heavy (non-hydrogen) atoms. The van der Waals surface area contributed by atoms with E-state index in [0.717, 1.165) is 18.4 Å². The van der Waals surface area contributed by atoms with E-state index >= 15 is 0 Å². The maximum atomic E-state index is 13.8. The summed E-state index contributed by atoms with van der Waals surface area (Å²) in [5.74, 6) is -0.276. The third-order valence-corrected chi connectivity index (χ3v) is 5.44. The lowest BCUT2D eigenvalue weighted by Crippen LogP contribution is -2.34. The van der Waals surface area contributed by atoms with Crippen molar-refractivity contribution in [3.05, 3.63) is 29.6 Å². The second-order valence-corrected chi connectivity index (χ2v) is 7.72. The van der Waals surface area contributed by atoms with Crippen LogP contribution < -0.4 is 5.32 Å². The molecule has 0 aliphatic heterocycles. The lowest BCUT2D eigenvalue weighted by Gasteiger charge is -2.30. The monoisotopic (exact) mass is 285 g/mol. The fraction of sp³-hybridized carbons (Fsp3) is 0.571. The van der Waals surface area contributed by atoms with Crippen LogP contribution >= 0.6 is 0 Å². The van der Waals surface area contributed by atoms with Gasteiger partial charge in [0.2, 0.25) is 0 Å². The summed E-state index contributed by atoms with van der Waals surface area (Å²) in [5.41, 5.74) is 1.35. The van der Waals surface area contributed by atoms with E-state index < -0.39 is 9.84 Å². The number of hydrogen-bond donors (Lipinski definition) is 1. The van der Waals surface area contributed by atoms with Gasteiger partial charge >= 0.3 is 0 Å². The highest BCUT2D eigenvalue weighted by Crippen LogP contribution is 2.28. The molecule has 1 saturated carbocycles. The summed E-state index contributed by atoms with van der Waals surface area (Å²) < 4.78 is 37.0. The summed E-state index contributed by atoms with van der Waals surface area (Å²) in [6, 6.07) is 4.98. The molecule has 0 aromatic heterocycles. The molecule has 1 aromatic carbocycles. The average molecular weight is 285 g/mol. The van der Waals surface area contributed by atoms with Crippen LogP contribution in [0.4, 0.5) is 10.1 Å². The first kappa shape index (κ1) is 14.3. The number of aryl methyl sites for hydroxylation is 1. The Morgan fingerprint density at radius 3 is 2.68 bits per heavy atom. The third-order valence-electron chi connectivity index (χ3n) is 3.80. The molecule has 5 heteroatoms. The van der Waals surface area contributed by atoms with E-state index in [1.165, 1.54) is 12.3 Å². The van der Waals surface area contributed by atoms with Crippen molar-refractivity contribution < 1.29 is 12.8 Å². The predicted octanol–water partition coefficient (Wildman–Crippen LogP) is 2.90. The van der Waals surface area contributed by atoms with Crippen molar-refractivity contribution in [2.45, 2.75) is 43.9 Å². The van der Waals surface area contributed by atoms with Gasteiger partial charge in [0.05, 0.1) is 10.9 Å². The number of halogens is 1. The molecule has 0 saturated heterocycles. The first-order chi connectivity index (χ1) is 8.88. The molecule has 1 N–H and O–H groups in total. The van der Waals surface area contributed by atoms with Crippen molar-refractivity contribution in [3.8, 4) is 0 Å². The molecule has 1 aliphatic rings. The number of para-hydroxylation sites is 1. The summed E-state index contributed by atoms with van der Waals surface area (Å²) >= 11 is 0. The van der Waals surface area contributed by atoms with Crippen molar-refractivity contribution in [3.63, 3.8) is 0 Å². The molecule has 1 fully saturated rings. The van der Waals surface area contributed by atoms with Gasteiger partial charge in [-0.05, 0) is 37.8 Å². The number of nitrogens with one attached hydrogen (secondary N) is 1. The van der Waals surface area contributed by atoms with Crippen LogP contribution in [-0.4, -0.2) is 26.0 Å². The Labute approximate surface area is 114 Å². The largest absolute Gasteiger partial charge is 0.380 e. The van der Waals surface area contributed by atoms with E-state index in [2.05, 4.69) is 5.32 Å². The molecular weight excluding hydrogens is 265 g/mol. The second-order valence-electron chi connectivity index (χ2n) is 5.39. The van der Waals surface area contributed by atoms with Crippen LogP contribution in [0.25, 0.3) is 0 Å². The zero-order valence-corrected chi connectivity index (χ0v) is 12.1. The van der Waals surface area contributed by atoms with Crippen LogP contribution in [-0.2, 0) is 9.84 Å². The first-order valence-electron chi connectivity index (χ1n) is 6.58. The quantitative estimate of drug-likeness (QED) is 0.929. The summed E-state index contributed by atoms with van der Waals surface area (Å²) in [7, 11) is -3.01. The highest BCUT2D eigenvalue weighted by Gasteiger charge is 2.29. The van der Waals surface area contributed by atoms with E-state index in [1.54, 1.807) is 6.07 Å². The standard InChI is InChI=1S/C14H20FNO2S/c1-10-5-3-8-13(15)14(10)16-11-6-4-7-12(9-11)19(2,17)18/h3,5,8,11-12,16H,4,6-7,9H2,1-2H3. The molecule has 1 aliphatic carbocycles. The van der Waals surface area contributed by atoms with Gasteiger partial charge in [0, 0.05) is 12.3 Å². The number of sulfone groups is 1. The van der Waals surface area contributed by atoms with E-state index in [0.29, 0.717) is 18.5 Å². The van der Waals surface area contributed by atoms with Gasteiger partial charge < -0.3 is 5.32 Å². The lowest BCUT2D eigenvalue weighted by molar-refractivity contribution is 0.451. The maximum Gasteiger partial charge on any atom is 0.150 e. The number of benzene rings is 1. The highest BCUT2D eigenvalue weighted by atomic mass is 32.2. The molecule has 2 rings (SSSR count). The van der Waals surface area contributed by atoms with Crippen LogP contribution in [0.3, 0.4) is 0 Å². The fourth-order valence-electron chi connectivity index (χ4n) is 2.68. The summed E-state index contributed by atoms with van der Waals surface area (Å²) in [5, 5.41) is 2.88. The van der Waals surface area contributed by atoms with Gasteiger partial charge in [0.15, 0.2) is 0 Å². The average Bonchev–Trinajstić information content (AvgIpc) is 2.33. The predicted molar refractivity (Wildman–Crippen MR) is 75.6 cm³/mol. The van der Waals surface area contributed by atoms with Gasteiger partial charge in [-0.25, -0.2) is 12.8 Å². The summed E-state index contributed by atoms with van der Waals surface area (Å²) in [6.07, 6.45) is 4.32. The zero-order chi connectivity index (χ0) is 14.0. The van der Waals surface area contributed by atoms with Crippen molar-refractivity contribution in [1.29, 1.82) is 0 Å². The van der Waals surface area contributed by atoms with Crippen molar-refractivity contribution >= 4 is 15.5 Å². The molecule has 0 radical (unpaired) electrons. The molecular formula is C14H20FNO2S. The van der Waals surface area contributed by atoms with E-state index in [9.17, 15) is 12.8 Å². The van der Waals surface area contributed by atoms with Crippen LogP contribution in [0, 0.1) is 12.7 Å². The lowest BCUT2D eigenvalue weighted by atomic mass is 9.94. The smallest absolute Gasteiger partial charge is 0.150 e. The minimum Gasteiger partial charge on any atom is -0.380 e. The Morgan fingerprint density at radius 2 is 2.05 bits per heavy atom. The Morgan fingerprint density at radius 1 is 1.32 bits per heavy atom. The number of hydrogen-bond acceptors (Lipinski definition) is 3. The molecule has 106 valence electrons. The van der Waals surface area contributed by atoms with Crippen molar-refractivity contribution in [2.75, 3.05) is 11.6 Å². The number of rotatable bonds is 3. The zero-order valence-electron chi connectivity index (χ0n) is 11.3. The third kappa shape index (κ3) is 3.47. The molecule has 2 unspecified atom stereocenters. The summed E-state index contributed by atoms with van der Waals surface area (Å²) in [4.78, 5) is 0. The van der Waals surface area contributed by atoms with Crippen LogP contribution in [0.1, 0.15) is 31.2 Å². The Kier molecular flexibility index (Phi) is 4.13. The molecule has 0 amide bonds. The minimum absolute atomic E-state index is 0.0316. The van der Waals surface area contributed by atoms with Crippen LogP contribution in [0.2, 0.25) is 0 Å². The van der Waals surface area contributed by atoms with E-state index in [-0.39, 0.29) is 17.1 Å². The first-order valence-corrected chi connectivity index (χ1v) is 8.54. The molecule has 0 heterocycles. The van der Waals surface area contributed by atoms with E-state index in [4.69, 9.17) is 0 Å². The van der Waals surface area contributed by atoms with Crippen molar-refractivity contribution in [2.24, 2.45) is 0 Å². The highest BCUT2D eigenvalue weighted by molar-refractivity contribution is 7.91. The van der Waals surface area contributed by atoms with Gasteiger partial charge in [-0.1, -0.05) is 18.6 Å². The Balaban J connectivity index is 2.11. The molecule has 0 spiro atoms. The van der Waals surface area contributed by atoms with Gasteiger partial charge in [-0.3, -0.25) is 0 Å². The fourth-order valence-corrected chi connectivity index (χ4v) is 3.86. The molecule has 3 nitrogen and oxygen atoms in total. The summed E-state index contributed by atoms with van der Waals surface area (Å²) in [6.45, 7) is 1.85. The SMILES string of the molecule is Cc1cccc(F)c1NC1CCCC(S(C)(=O)=O)C1. The van der Waals surface area contributed by atoms with Crippen LogP contribution in [0.15, 0.2) is 18.2 Å². The van der Waals surface area contributed by atoms with Gasteiger partial charge in [-0.15, -0.1) is 0 Å². The van der Waals surface area contributed by atoms with Gasteiger partial charge in [0.25, 0.3) is 0 Å². The minimum atomic E-state index is -3.01. The van der Waals surface area contributed by atoms with Gasteiger partial charge in [-0.2, -0.15) is 0 Å². The van der Waals surface area contributed by atoms with Gasteiger partial charge in [0.1, 0.15) is 15.7 Å². The normalized spacial score (nSPS) is 24.2. The number of anilines is 1. The van der Waals surface area contributed by atoms with Crippen molar-refractivity contribution in [1.82, 2.24) is 0 Å². The molecule has 2 atom stereocenters. The van der Waals surface area contributed by atoms with Crippen LogP contribution in [0.5, 0.6) is 0 Å².